The normalized spacial score (nSPS) is 11.6. The molecule has 0 aliphatic carbocycles. The average molecular weight is 280 g/mol. The third kappa shape index (κ3) is 4.89. The van der Waals surface area contributed by atoms with E-state index in [1.165, 1.54) is 7.11 Å². The first-order valence-electron chi connectivity index (χ1n) is 6.28. The molecule has 2 amide bonds. The molecule has 0 bridgehead atoms. The Morgan fingerprint density at radius 1 is 1.20 bits per heavy atom. The molecule has 0 heterocycles. The highest BCUT2D eigenvalue weighted by Gasteiger charge is 2.16. The van der Waals surface area contributed by atoms with Crippen molar-refractivity contribution in [3.8, 4) is 5.75 Å². The fraction of sp³-hybridized carbons (Fsp3) is 0.429. The van der Waals surface area contributed by atoms with Crippen LogP contribution in [0.2, 0.25) is 0 Å². The maximum Gasteiger partial charge on any atom is 0.309 e. The first-order valence-corrected chi connectivity index (χ1v) is 6.28. The largest absolute Gasteiger partial charge is 0.496 e. The van der Waals surface area contributed by atoms with Gasteiger partial charge in [0.05, 0.1) is 13.7 Å². The maximum atomic E-state index is 11.7. The number of amides is 2. The van der Waals surface area contributed by atoms with Gasteiger partial charge in [-0.2, -0.15) is 0 Å². The van der Waals surface area contributed by atoms with Crippen molar-refractivity contribution >= 4 is 11.8 Å². The molecule has 0 fully saturated rings. The number of hydrogen-bond acceptors (Lipinski definition) is 4. The summed E-state index contributed by atoms with van der Waals surface area (Å²) in [6.07, 6.45) is 0. The summed E-state index contributed by atoms with van der Waals surface area (Å²) in [5.74, 6) is -0.690. The number of hydrogen-bond donors (Lipinski definition) is 2. The van der Waals surface area contributed by atoms with E-state index in [-0.39, 0.29) is 12.6 Å². The van der Waals surface area contributed by atoms with Gasteiger partial charge in [-0.25, -0.2) is 0 Å². The lowest BCUT2D eigenvalue weighted by atomic mass is 10.2. The summed E-state index contributed by atoms with van der Waals surface area (Å²) < 4.78 is 10.0. The second-order valence-electron chi connectivity index (χ2n) is 4.32. The molecule has 6 heteroatoms. The number of carbonyl (C=O) groups excluding carboxylic acids is 2. The summed E-state index contributed by atoms with van der Waals surface area (Å²) in [4.78, 5) is 23.2. The summed E-state index contributed by atoms with van der Waals surface area (Å²) in [6, 6.07) is 7.07. The minimum Gasteiger partial charge on any atom is -0.496 e. The second-order valence-corrected chi connectivity index (χ2v) is 4.32. The monoisotopic (exact) mass is 280 g/mol. The highest BCUT2D eigenvalue weighted by Crippen LogP contribution is 2.16. The fourth-order valence-electron chi connectivity index (χ4n) is 1.69. The molecule has 0 spiro atoms. The standard InChI is InChI=1S/C14H20N2O4/c1-10(9-19-2)16-14(18)13(17)15-8-11-6-4-5-7-12(11)20-3/h4-7,10H,8-9H2,1-3H3,(H,15,17)(H,16,18)/t10-/m0/s1. The first-order chi connectivity index (χ1) is 9.58. The molecule has 1 aromatic carbocycles. The topological polar surface area (TPSA) is 76.7 Å². The molecule has 1 atom stereocenters. The van der Waals surface area contributed by atoms with Gasteiger partial charge in [0.1, 0.15) is 5.75 Å². The zero-order valence-corrected chi connectivity index (χ0v) is 11.9. The van der Waals surface area contributed by atoms with Crippen molar-refractivity contribution in [2.24, 2.45) is 0 Å². The number of carbonyl (C=O) groups is 2. The highest BCUT2D eigenvalue weighted by atomic mass is 16.5. The molecule has 0 radical (unpaired) electrons. The third-order valence-corrected chi connectivity index (χ3v) is 2.63. The molecule has 0 aromatic heterocycles. The molecule has 1 aromatic rings. The van der Waals surface area contributed by atoms with Crippen LogP contribution in [0.3, 0.4) is 0 Å². The molecular weight excluding hydrogens is 260 g/mol. The molecule has 0 aliphatic heterocycles. The molecule has 0 unspecified atom stereocenters. The van der Waals surface area contributed by atoms with Crippen LogP contribution >= 0.6 is 0 Å². The third-order valence-electron chi connectivity index (χ3n) is 2.63. The van der Waals surface area contributed by atoms with E-state index in [1.807, 2.05) is 18.2 Å². The molecule has 0 saturated carbocycles. The van der Waals surface area contributed by atoms with Crippen LogP contribution in [-0.2, 0) is 20.9 Å². The Labute approximate surface area is 118 Å². The lowest BCUT2D eigenvalue weighted by Crippen LogP contribution is -2.44. The van der Waals surface area contributed by atoms with E-state index >= 15 is 0 Å². The zero-order chi connectivity index (χ0) is 15.0. The van der Waals surface area contributed by atoms with Crippen LogP contribution < -0.4 is 15.4 Å². The number of nitrogens with one attached hydrogen (secondary N) is 2. The Hall–Kier alpha value is -2.08. The van der Waals surface area contributed by atoms with Crippen LogP contribution in [0, 0.1) is 0 Å². The molecule has 1 rings (SSSR count). The lowest BCUT2D eigenvalue weighted by molar-refractivity contribution is -0.139. The van der Waals surface area contributed by atoms with Gasteiger partial charge >= 0.3 is 11.8 Å². The van der Waals surface area contributed by atoms with Gasteiger partial charge in [0.25, 0.3) is 0 Å². The Kier molecular flexibility index (Phi) is 6.52. The summed E-state index contributed by atoms with van der Waals surface area (Å²) in [6.45, 7) is 2.34. The van der Waals surface area contributed by atoms with Gasteiger partial charge in [-0.05, 0) is 13.0 Å². The SMILES string of the molecule is COC[C@H](C)NC(=O)C(=O)NCc1ccccc1OC. The quantitative estimate of drug-likeness (QED) is 0.742. The average Bonchev–Trinajstić information content (AvgIpc) is 2.45. The zero-order valence-electron chi connectivity index (χ0n) is 11.9. The number of methoxy groups -OCH3 is 2. The number of benzene rings is 1. The van der Waals surface area contributed by atoms with E-state index < -0.39 is 11.8 Å². The number of para-hydroxylation sites is 1. The highest BCUT2D eigenvalue weighted by molar-refractivity contribution is 6.35. The predicted octanol–water partition coefficient (Wildman–Crippen LogP) is 0.463. The van der Waals surface area contributed by atoms with Crippen LogP contribution in [0.25, 0.3) is 0 Å². The molecule has 0 aliphatic rings. The van der Waals surface area contributed by atoms with Gasteiger partial charge in [0.2, 0.25) is 0 Å². The van der Waals surface area contributed by atoms with Crippen molar-refractivity contribution in [1.82, 2.24) is 10.6 Å². The lowest BCUT2D eigenvalue weighted by Gasteiger charge is -2.13. The van der Waals surface area contributed by atoms with Crippen molar-refractivity contribution in [1.29, 1.82) is 0 Å². The summed E-state index contributed by atoms with van der Waals surface area (Å²) in [5, 5.41) is 5.09. The van der Waals surface area contributed by atoms with Gasteiger partial charge in [0.15, 0.2) is 0 Å². The Morgan fingerprint density at radius 2 is 1.90 bits per heavy atom. The summed E-state index contributed by atoms with van der Waals surface area (Å²) >= 11 is 0. The van der Waals surface area contributed by atoms with Crippen molar-refractivity contribution in [2.45, 2.75) is 19.5 Å². The van der Waals surface area contributed by atoms with Crippen molar-refractivity contribution < 1.29 is 19.1 Å². The summed E-state index contributed by atoms with van der Waals surface area (Å²) in [7, 11) is 3.09. The molecule has 110 valence electrons. The predicted molar refractivity (Wildman–Crippen MR) is 74.3 cm³/mol. The van der Waals surface area contributed by atoms with Crippen LogP contribution in [0.4, 0.5) is 0 Å². The second kappa shape index (κ2) is 8.16. The van der Waals surface area contributed by atoms with E-state index in [9.17, 15) is 9.59 Å². The van der Waals surface area contributed by atoms with E-state index in [1.54, 1.807) is 20.1 Å². The van der Waals surface area contributed by atoms with Crippen molar-refractivity contribution in [3.05, 3.63) is 29.8 Å². The maximum absolute atomic E-state index is 11.7. The molecular formula is C14H20N2O4. The van der Waals surface area contributed by atoms with Gasteiger partial charge in [-0.1, -0.05) is 18.2 Å². The van der Waals surface area contributed by atoms with Crippen molar-refractivity contribution in [3.63, 3.8) is 0 Å². The van der Waals surface area contributed by atoms with Gasteiger partial charge in [0, 0.05) is 25.3 Å². The minimum absolute atomic E-state index is 0.218. The Bertz CT molecular complexity index is 462. The van der Waals surface area contributed by atoms with Gasteiger partial charge in [-0.15, -0.1) is 0 Å². The molecule has 0 saturated heterocycles. The molecule has 2 N–H and O–H groups in total. The Morgan fingerprint density at radius 3 is 2.55 bits per heavy atom. The first kappa shape index (κ1) is 16.0. The molecule has 6 nitrogen and oxygen atoms in total. The van der Waals surface area contributed by atoms with E-state index in [4.69, 9.17) is 9.47 Å². The summed E-state index contributed by atoms with van der Waals surface area (Å²) in [5.41, 5.74) is 0.807. The van der Waals surface area contributed by atoms with Crippen LogP contribution in [0.5, 0.6) is 5.75 Å². The van der Waals surface area contributed by atoms with E-state index in [0.29, 0.717) is 12.4 Å². The number of rotatable bonds is 6. The Balaban J connectivity index is 2.48. The van der Waals surface area contributed by atoms with E-state index in [2.05, 4.69) is 10.6 Å². The molecule has 20 heavy (non-hydrogen) atoms. The van der Waals surface area contributed by atoms with Crippen LogP contribution in [0.15, 0.2) is 24.3 Å². The smallest absolute Gasteiger partial charge is 0.309 e. The minimum atomic E-state index is -0.682. The van der Waals surface area contributed by atoms with Crippen LogP contribution in [-0.4, -0.2) is 38.7 Å². The fourth-order valence-corrected chi connectivity index (χ4v) is 1.69. The van der Waals surface area contributed by atoms with Crippen LogP contribution in [0.1, 0.15) is 12.5 Å². The van der Waals surface area contributed by atoms with Crippen molar-refractivity contribution in [2.75, 3.05) is 20.8 Å². The van der Waals surface area contributed by atoms with Gasteiger partial charge in [-0.3, -0.25) is 9.59 Å². The number of ether oxygens (including phenoxy) is 2. The van der Waals surface area contributed by atoms with Gasteiger partial charge < -0.3 is 20.1 Å². The van der Waals surface area contributed by atoms with E-state index in [0.717, 1.165) is 5.56 Å².